The summed E-state index contributed by atoms with van der Waals surface area (Å²) in [6.07, 6.45) is 26.3. The Labute approximate surface area is 261 Å². The van der Waals surface area contributed by atoms with E-state index in [1.807, 2.05) is 0 Å². The quantitative estimate of drug-likeness (QED) is 0.135. The average Bonchev–Trinajstić information content (AvgIpc) is 3.52. The van der Waals surface area contributed by atoms with Gasteiger partial charge in [0.1, 0.15) is 0 Å². The number of carbonyl (C=O) groups is 1. The first kappa shape index (κ1) is 33.0. The van der Waals surface area contributed by atoms with Crippen molar-refractivity contribution in [2.24, 2.45) is 0 Å². The van der Waals surface area contributed by atoms with Crippen molar-refractivity contribution in [2.45, 2.75) is 141 Å². The maximum absolute atomic E-state index is 10.7. The zero-order chi connectivity index (χ0) is 30.2. The number of benzene rings is 2. The highest BCUT2D eigenvalue weighted by Gasteiger charge is 2.34. The number of hydrogen-bond donors (Lipinski definition) is 1. The van der Waals surface area contributed by atoms with Crippen LogP contribution in [0.4, 0.5) is 0 Å². The molecule has 3 heteroatoms. The fraction of sp³-hybridized carbons (Fsp3) is 0.550. The molecule has 1 saturated carbocycles. The fourth-order valence-electron chi connectivity index (χ4n) is 7.06. The van der Waals surface area contributed by atoms with Gasteiger partial charge in [-0.05, 0) is 72.3 Å². The molecule has 232 valence electrons. The summed E-state index contributed by atoms with van der Waals surface area (Å²) in [5.41, 5.74) is 7.93. The second-order valence-corrected chi connectivity index (χ2v) is 13.1. The Hall–Kier alpha value is -2.94. The van der Waals surface area contributed by atoms with E-state index in [1.165, 1.54) is 124 Å². The molecule has 0 atom stereocenters. The van der Waals surface area contributed by atoms with Crippen molar-refractivity contribution in [1.82, 2.24) is 4.98 Å². The van der Waals surface area contributed by atoms with E-state index in [2.05, 4.69) is 73.8 Å². The summed E-state index contributed by atoms with van der Waals surface area (Å²) >= 11 is 0. The minimum absolute atomic E-state index is 0.308. The number of hydrogen-bond acceptors (Lipinski definition) is 2. The van der Waals surface area contributed by atoms with E-state index < -0.39 is 5.97 Å². The first-order valence-corrected chi connectivity index (χ1v) is 17.5. The van der Waals surface area contributed by atoms with Crippen molar-refractivity contribution in [3.05, 3.63) is 78.0 Å². The molecule has 3 nitrogen and oxygen atoms in total. The highest BCUT2D eigenvalue weighted by Crippen LogP contribution is 2.45. The second-order valence-electron chi connectivity index (χ2n) is 13.1. The predicted octanol–water partition coefficient (Wildman–Crippen LogP) is 11.7. The van der Waals surface area contributed by atoms with Crippen molar-refractivity contribution < 1.29 is 9.90 Å². The minimum Gasteiger partial charge on any atom is -0.481 e. The monoisotopic (exact) mass is 581 g/mol. The van der Waals surface area contributed by atoms with Crippen LogP contribution in [0.2, 0.25) is 0 Å². The molecule has 1 heterocycles. The molecular weight excluding hydrogens is 526 g/mol. The van der Waals surface area contributed by atoms with Crippen LogP contribution < -0.4 is 0 Å². The molecule has 1 aromatic heterocycles. The normalized spacial score (nSPS) is 14.3. The molecule has 1 fully saturated rings. The maximum Gasteiger partial charge on any atom is 0.303 e. The lowest BCUT2D eigenvalue weighted by Gasteiger charge is -2.30. The Balaban J connectivity index is 1.25. The second kappa shape index (κ2) is 18.0. The van der Waals surface area contributed by atoms with E-state index in [4.69, 9.17) is 10.1 Å². The molecule has 0 spiro atoms. The summed E-state index contributed by atoms with van der Waals surface area (Å²) in [7, 11) is 0. The third kappa shape index (κ3) is 10.6. The van der Waals surface area contributed by atoms with Gasteiger partial charge in [-0.2, -0.15) is 0 Å². The lowest BCUT2D eigenvalue weighted by Crippen LogP contribution is -2.21. The molecule has 1 N–H and O–H groups in total. The molecule has 1 aliphatic rings. The fourth-order valence-corrected chi connectivity index (χ4v) is 7.06. The lowest BCUT2D eigenvalue weighted by molar-refractivity contribution is -0.137. The van der Waals surface area contributed by atoms with Crippen molar-refractivity contribution in [1.29, 1.82) is 0 Å². The Morgan fingerprint density at radius 1 is 0.674 bits per heavy atom. The molecular formula is C40H55NO2. The molecule has 4 rings (SSSR count). The number of unbranched alkanes of at least 4 members (excludes halogenated alkanes) is 11. The lowest BCUT2D eigenvalue weighted by atomic mass is 9.74. The largest absolute Gasteiger partial charge is 0.481 e. The number of aromatic nitrogens is 1. The van der Waals surface area contributed by atoms with E-state index in [1.54, 1.807) is 0 Å². The summed E-state index contributed by atoms with van der Waals surface area (Å²) in [5.74, 6) is -0.671. The number of carboxylic acid groups (broad SMARTS) is 1. The van der Waals surface area contributed by atoms with Gasteiger partial charge in [0.15, 0.2) is 0 Å². The van der Waals surface area contributed by atoms with Crippen LogP contribution >= 0.6 is 0 Å². The standard InChI is InChI=1S/C40H55NO2/c1-2-3-4-5-6-7-9-12-17-33-19-28-38(41-32-33)36-22-20-34(21-23-36)35-24-26-37(27-25-35)40(30-15-16-31-40)29-14-11-8-10-13-18-39(42)43/h19-28,32H,2-18,29-31H2,1H3,(H,42,43). The van der Waals surface area contributed by atoms with Gasteiger partial charge >= 0.3 is 5.97 Å². The molecule has 3 aromatic rings. The summed E-state index contributed by atoms with van der Waals surface area (Å²) in [6, 6.07) is 22.7. The van der Waals surface area contributed by atoms with Gasteiger partial charge in [-0.25, -0.2) is 0 Å². The Morgan fingerprint density at radius 2 is 1.23 bits per heavy atom. The van der Waals surface area contributed by atoms with E-state index in [-0.39, 0.29) is 0 Å². The highest BCUT2D eigenvalue weighted by atomic mass is 16.4. The van der Waals surface area contributed by atoms with Gasteiger partial charge in [0.05, 0.1) is 5.69 Å². The average molecular weight is 582 g/mol. The van der Waals surface area contributed by atoms with Gasteiger partial charge < -0.3 is 5.11 Å². The third-order valence-corrected chi connectivity index (χ3v) is 9.76. The van der Waals surface area contributed by atoms with Crippen LogP contribution in [-0.4, -0.2) is 16.1 Å². The van der Waals surface area contributed by atoms with Crippen LogP contribution in [0.1, 0.15) is 140 Å². The van der Waals surface area contributed by atoms with Crippen molar-refractivity contribution >= 4 is 5.97 Å². The van der Waals surface area contributed by atoms with E-state index in [0.717, 1.165) is 31.4 Å². The van der Waals surface area contributed by atoms with Gasteiger partial charge in [-0.15, -0.1) is 0 Å². The molecule has 0 aliphatic heterocycles. The summed E-state index contributed by atoms with van der Waals surface area (Å²) < 4.78 is 0. The van der Waals surface area contributed by atoms with Crippen LogP contribution in [-0.2, 0) is 16.6 Å². The number of nitrogens with zero attached hydrogens (tertiary/aromatic N) is 1. The van der Waals surface area contributed by atoms with Crippen molar-refractivity contribution in [2.75, 3.05) is 0 Å². The summed E-state index contributed by atoms with van der Waals surface area (Å²) in [6.45, 7) is 2.28. The molecule has 0 saturated heterocycles. The maximum atomic E-state index is 10.7. The molecule has 43 heavy (non-hydrogen) atoms. The minimum atomic E-state index is -0.671. The summed E-state index contributed by atoms with van der Waals surface area (Å²) in [4.78, 5) is 15.5. The molecule has 0 bridgehead atoms. The van der Waals surface area contributed by atoms with Gasteiger partial charge in [0.25, 0.3) is 0 Å². The molecule has 2 aromatic carbocycles. The van der Waals surface area contributed by atoms with Gasteiger partial charge in [-0.3, -0.25) is 9.78 Å². The van der Waals surface area contributed by atoms with E-state index in [9.17, 15) is 4.79 Å². The molecule has 0 radical (unpaired) electrons. The van der Waals surface area contributed by atoms with E-state index in [0.29, 0.717) is 11.8 Å². The van der Waals surface area contributed by atoms with Gasteiger partial charge in [-0.1, -0.05) is 145 Å². The number of aliphatic carboxylic acids is 1. The predicted molar refractivity (Wildman–Crippen MR) is 182 cm³/mol. The Kier molecular flexibility index (Phi) is 13.8. The zero-order valence-electron chi connectivity index (χ0n) is 26.8. The van der Waals surface area contributed by atoms with Crippen LogP contribution in [0.5, 0.6) is 0 Å². The first-order chi connectivity index (χ1) is 21.1. The number of aryl methyl sites for hydroxylation is 1. The Bertz CT molecular complexity index is 1190. The number of pyridine rings is 1. The van der Waals surface area contributed by atoms with Crippen LogP contribution in [0.3, 0.4) is 0 Å². The Morgan fingerprint density at radius 3 is 1.84 bits per heavy atom. The van der Waals surface area contributed by atoms with Crippen LogP contribution in [0.15, 0.2) is 66.9 Å². The molecule has 0 amide bonds. The topological polar surface area (TPSA) is 50.2 Å². The molecule has 0 unspecified atom stereocenters. The smallest absolute Gasteiger partial charge is 0.303 e. The highest BCUT2D eigenvalue weighted by molar-refractivity contribution is 5.69. The van der Waals surface area contributed by atoms with Gasteiger partial charge in [0.2, 0.25) is 0 Å². The summed E-state index contributed by atoms with van der Waals surface area (Å²) in [5, 5.41) is 8.83. The van der Waals surface area contributed by atoms with E-state index >= 15 is 0 Å². The van der Waals surface area contributed by atoms with Crippen molar-refractivity contribution in [3.63, 3.8) is 0 Å². The van der Waals surface area contributed by atoms with Crippen LogP contribution in [0, 0.1) is 0 Å². The SMILES string of the molecule is CCCCCCCCCCc1ccc(-c2ccc(-c3ccc(C4(CCCCCCCC(=O)O)CCCC4)cc3)cc2)nc1. The van der Waals surface area contributed by atoms with Gasteiger partial charge in [0, 0.05) is 18.2 Å². The first-order valence-electron chi connectivity index (χ1n) is 17.5. The van der Waals surface area contributed by atoms with Crippen molar-refractivity contribution in [3.8, 4) is 22.4 Å². The van der Waals surface area contributed by atoms with Crippen LogP contribution in [0.25, 0.3) is 22.4 Å². The number of rotatable bonds is 20. The third-order valence-electron chi connectivity index (χ3n) is 9.76. The molecule has 1 aliphatic carbocycles. The number of carboxylic acids is 1. The zero-order valence-corrected chi connectivity index (χ0v) is 26.8.